The number of benzene rings is 2. The molecule has 2 rings (SSSR count). The average Bonchev–Trinajstić information content (AvgIpc) is 2.41. The second kappa shape index (κ2) is 6.11. The summed E-state index contributed by atoms with van der Waals surface area (Å²) in [7, 11) is 1.63. The van der Waals surface area contributed by atoms with E-state index in [4.69, 9.17) is 34.3 Å². The van der Waals surface area contributed by atoms with Crippen molar-refractivity contribution in [2.45, 2.75) is 6.92 Å². The Kier molecular flexibility index (Phi) is 4.47. The molecule has 0 spiro atoms. The van der Waals surface area contributed by atoms with Gasteiger partial charge in [0, 0.05) is 16.3 Å². The standard InChI is InChI=1S/C15H15ClN2OS/c1-9-3-6-14(19-2)13(7-9)18-12-5-4-10(16)8-11(12)15(17)20/h3-8,18H,1-2H3,(H2,17,20). The summed E-state index contributed by atoms with van der Waals surface area (Å²) >= 11 is 11.0. The second-order valence-electron chi connectivity index (χ2n) is 4.38. The number of rotatable bonds is 4. The normalized spacial score (nSPS) is 10.2. The molecular formula is C15H15ClN2OS. The van der Waals surface area contributed by atoms with E-state index in [0.717, 1.165) is 22.7 Å². The van der Waals surface area contributed by atoms with E-state index in [1.807, 2.05) is 31.2 Å². The smallest absolute Gasteiger partial charge is 0.142 e. The molecule has 20 heavy (non-hydrogen) atoms. The number of hydrogen-bond donors (Lipinski definition) is 2. The molecule has 0 atom stereocenters. The van der Waals surface area contributed by atoms with Crippen LogP contribution in [0.15, 0.2) is 36.4 Å². The highest BCUT2D eigenvalue weighted by atomic mass is 35.5. The number of nitrogens with one attached hydrogen (secondary N) is 1. The van der Waals surface area contributed by atoms with Crippen molar-refractivity contribution in [2.75, 3.05) is 12.4 Å². The Bertz CT molecular complexity index is 658. The van der Waals surface area contributed by atoms with Gasteiger partial charge >= 0.3 is 0 Å². The molecule has 0 bridgehead atoms. The highest BCUT2D eigenvalue weighted by Gasteiger charge is 2.09. The molecule has 3 N–H and O–H groups in total. The quantitative estimate of drug-likeness (QED) is 0.837. The maximum atomic E-state index is 5.98. The lowest BCUT2D eigenvalue weighted by Gasteiger charge is -2.15. The first-order chi connectivity index (χ1) is 9.51. The minimum absolute atomic E-state index is 0.293. The zero-order valence-corrected chi connectivity index (χ0v) is 12.8. The van der Waals surface area contributed by atoms with Crippen LogP contribution in [-0.2, 0) is 0 Å². The molecule has 0 saturated carbocycles. The molecule has 0 aliphatic heterocycles. The highest BCUT2D eigenvalue weighted by Crippen LogP contribution is 2.31. The van der Waals surface area contributed by atoms with Gasteiger partial charge in [0.2, 0.25) is 0 Å². The van der Waals surface area contributed by atoms with E-state index < -0.39 is 0 Å². The van der Waals surface area contributed by atoms with Gasteiger partial charge in [-0.2, -0.15) is 0 Å². The molecule has 0 aliphatic rings. The van der Waals surface area contributed by atoms with E-state index in [9.17, 15) is 0 Å². The van der Waals surface area contributed by atoms with Crippen molar-refractivity contribution in [1.82, 2.24) is 0 Å². The number of ether oxygens (including phenoxy) is 1. The van der Waals surface area contributed by atoms with Crippen LogP contribution in [0.5, 0.6) is 5.75 Å². The van der Waals surface area contributed by atoms with Gasteiger partial charge in [-0.1, -0.05) is 29.9 Å². The molecule has 0 unspecified atom stereocenters. The Labute approximate surface area is 128 Å². The molecular weight excluding hydrogens is 292 g/mol. The predicted molar refractivity (Wildman–Crippen MR) is 88.4 cm³/mol. The minimum Gasteiger partial charge on any atom is -0.495 e. The zero-order chi connectivity index (χ0) is 14.7. The molecule has 0 saturated heterocycles. The van der Waals surface area contributed by atoms with Gasteiger partial charge in [-0.05, 0) is 42.8 Å². The van der Waals surface area contributed by atoms with Crippen LogP contribution >= 0.6 is 23.8 Å². The number of hydrogen-bond acceptors (Lipinski definition) is 3. The van der Waals surface area contributed by atoms with Crippen molar-refractivity contribution in [1.29, 1.82) is 0 Å². The van der Waals surface area contributed by atoms with E-state index in [-0.39, 0.29) is 0 Å². The third kappa shape index (κ3) is 3.21. The molecule has 0 heterocycles. The van der Waals surface area contributed by atoms with Crippen LogP contribution < -0.4 is 15.8 Å². The molecule has 0 radical (unpaired) electrons. The third-order valence-electron chi connectivity index (χ3n) is 2.87. The Morgan fingerprint density at radius 2 is 1.95 bits per heavy atom. The van der Waals surface area contributed by atoms with Gasteiger partial charge in [0.25, 0.3) is 0 Å². The summed E-state index contributed by atoms with van der Waals surface area (Å²) in [4.78, 5) is 0.293. The maximum absolute atomic E-state index is 5.98. The Balaban J connectivity index is 2.44. The summed E-state index contributed by atoms with van der Waals surface area (Å²) < 4.78 is 5.34. The van der Waals surface area contributed by atoms with Gasteiger partial charge in [-0.15, -0.1) is 0 Å². The Hall–Kier alpha value is -1.78. The lowest BCUT2D eigenvalue weighted by atomic mass is 10.1. The van der Waals surface area contributed by atoms with E-state index >= 15 is 0 Å². The number of methoxy groups -OCH3 is 1. The number of anilines is 2. The van der Waals surface area contributed by atoms with E-state index in [1.54, 1.807) is 19.2 Å². The highest BCUT2D eigenvalue weighted by molar-refractivity contribution is 7.80. The van der Waals surface area contributed by atoms with Gasteiger partial charge < -0.3 is 15.8 Å². The molecule has 2 aromatic rings. The topological polar surface area (TPSA) is 47.3 Å². The summed E-state index contributed by atoms with van der Waals surface area (Å²) in [6.07, 6.45) is 0. The Morgan fingerprint density at radius 1 is 1.20 bits per heavy atom. The number of thiocarbonyl (C=S) groups is 1. The molecule has 5 heteroatoms. The summed E-state index contributed by atoms with van der Waals surface area (Å²) in [6, 6.07) is 11.3. The number of halogens is 1. The van der Waals surface area contributed by atoms with Crippen LogP contribution in [-0.4, -0.2) is 12.1 Å². The van der Waals surface area contributed by atoms with E-state index in [2.05, 4.69) is 5.32 Å². The lowest BCUT2D eigenvalue weighted by molar-refractivity contribution is 0.416. The third-order valence-corrected chi connectivity index (χ3v) is 3.33. The lowest BCUT2D eigenvalue weighted by Crippen LogP contribution is -2.12. The van der Waals surface area contributed by atoms with E-state index in [1.165, 1.54) is 0 Å². The van der Waals surface area contributed by atoms with Crippen molar-refractivity contribution in [2.24, 2.45) is 5.73 Å². The zero-order valence-electron chi connectivity index (χ0n) is 11.2. The molecule has 0 aliphatic carbocycles. The van der Waals surface area contributed by atoms with Crippen LogP contribution in [0.25, 0.3) is 0 Å². The molecule has 104 valence electrons. The fraction of sp³-hybridized carbons (Fsp3) is 0.133. The van der Waals surface area contributed by atoms with Gasteiger partial charge in [0.15, 0.2) is 0 Å². The summed E-state index contributed by atoms with van der Waals surface area (Å²) in [5.41, 5.74) is 9.22. The predicted octanol–water partition coefficient (Wildman–Crippen LogP) is 4.03. The first-order valence-corrected chi connectivity index (χ1v) is 6.81. The first-order valence-electron chi connectivity index (χ1n) is 6.02. The molecule has 0 amide bonds. The molecule has 0 aromatic heterocycles. The fourth-order valence-electron chi connectivity index (χ4n) is 1.89. The second-order valence-corrected chi connectivity index (χ2v) is 5.26. The SMILES string of the molecule is COc1ccc(C)cc1Nc1ccc(Cl)cc1C(N)=S. The Morgan fingerprint density at radius 3 is 2.60 bits per heavy atom. The van der Waals surface area contributed by atoms with Crippen LogP contribution in [0.2, 0.25) is 5.02 Å². The van der Waals surface area contributed by atoms with Crippen molar-refractivity contribution in [3.63, 3.8) is 0 Å². The minimum atomic E-state index is 0.293. The van der Waals surface area contributed by atoms with Crippen molar-refractivity contribution in [3.8, 4) is 5.75 Å². The summed E-state index contributed by atoms with van der Waals surface area (Å²) in [5.74, 6) is 0.749. The van der Waals surface area contributed by atoms with Crippen LogP contribution in [0.1, 0.15) is 11.1 Å². The number of nitrogens with two attached hydrogens (primary N) is 1. The van der Waals surface area contributed by atoms with Gasteiger partial charge in [0.05, 0.1) is 12.8 Å². The van der Waals surface area contributed by atoms with Crippen molar-refractivity contribution >= 4 is 40.2 Å². The van der Waals surface area contributed by atoms with Crippen molar-refractivity contribution in [3.05, 3.63) is 52.5 Å². The maximum Gasteiger partial charge on any atom is 0.142 e. The summed E-state index contributed by atoms with van der Waals surface area (Å²) in [5, 5.41) is 3.88. The summed E-state index contributed by atoms with van der Waals surface area (Å²) in [6.45, 7) is 2.01. The van der Waals surface area contributed by atoms with E-state index in [0.29, 0.717) is 15.6 Å². The van der Waals surface area contributed by atoms with Gasteiger partial charge in [0.1, 0.15) is 10.7 Å². The average molecular weight is 307 g/mol. The van der Waals surface area contributed by atoms with Gasteiger partial charge in [-0.25, -0.2) is 0 Å². The monoisotopic (exact) mass is 306 g/mol. The fourth-order valence-corrected chi connectivity index (χ4v) is 2.23. The molecule has 0 fully saturated rings. The molecule has 3 nitrogen and oxygen atoms in total. The van der Waals surface area contributed by atoms with Crippen LogP contribution in [0, 0.1) is 6.92 Å². The number of aryl methyl sites for hydroxylation is 1. The largest absolute Gasteiger partial charge is 0.495 e. The van der Waals surface area contributed by atoms with Crippen molar-refractivity contribution < 1.29 is 4.74 Å². The van der Waals surface area contributed by atoms with Gasteiger partial charge in [-0.3, -0.25) is 0 Å². The van der Waals surface area contributed by atoms with Crippen LogP contribution in [0.4, 0.5) is 11.4 Å². The first kappa shape index (κ1) is 14.6. The van der Waals surface area contributed by atoms with Crippen LogP contribution in [0.3, 0.4) is 0 Å². The molecule has 2 aromatic carbocycles.